The van der Waals surface area contributed by atoms with Crippen LogP contribution in [0.2, 0.25) is 5.02 Å². The van der Waals surface area contributed by atoms with Crippen LogP contribution in [0.1, 0.15) is 0 Å². The minimum atomic E-state index is -0.185. The van der Waals surface area contributed by atoms with E-state index in [4.69, 9.17) is 16.3 Å². The Morgan fingerprint density at radius 3 is 2.77 bits per heavy atom. The number of nitrogens with one attached hydrogen (secondary N) is 1. The van der Waals surface area contributed by atoms with Crippen LogP contribution in [0.15, 0.2) is 58.2 Å². The number of carbonyl (C=O) groups excluding carboxylic acids is 1. The van der Waals surface area contributed by atoms with Gasteiger partial charge in [-0.3, -0.25) is 9.59 Å². The Morgan fingerprint density at radius 1 is 1.23 bits per heavy atom. The molecule has 0 atom stereocenters. The van der Waals surface area contributed by atoms with Gasteiger partial charge in [0.15, 0.2) is 0 Å². The second-order valence-corrected chi connectivity index (χ2v) is 7.06. The first kappa shape index (κ1) is 18.4. The average molecular weight is 389 g/mol. The number of aromatic nitrogens is 1. The molecule has 0 radical (unpaired) electrons. The van der Waals surface area contributed by atoms with Crippen molar-refractivity contribution in [1.82, 2.24) is 4.57 Å². The number of para-hydroxylation sites is 2. The summed E-state index contributed by atoms with van der Waals surface area (Å²) in [4.78, 5) is 25.2. The van der Waals surface area contributed by atoms with E-state index in [0.29, 0.717) is 16.5 Å². The van der Waals surface area contributed by atoms with E-state index in [1.54, 1.807) is 49.1 Å². The van der Waals surface area contributed by atoms with E-state index >= 15 is 0 Å². The first-order chi connectivity index (χ1) is 12.5. The minimum absolute atomic E-state index is 0.132. The third-order valence-corrected chi connectivity index (χ3v) is 5.20. The molecule has 134 valence electrons. The molecule has 5 nitrogen and oxygen atoms in total. The van der Waals surface area contributed by atoms with Crippen LogP contribution in [0.5, 0.6) is 5.75 Å². The SMILES string of the molecule is COc1ccccc1NC(=O)CSc1cc(=O)n(C)c2ccc(Cl)cc12. The topological polar surface area (TPSA) is 60.3 Å². The van der Waals surface area contributed by atoms with Gasteiger partial charge in [0.1, 0.15) is 5.75 Å². The van der Waals surface area contributed by atoms with E-state index in [-0.39, 0.29) is 17.2 Å². The maximum Gasteiger partial charge on any atom is 0.251 e. The number of pyridine rings is 1. The van der Waals surface area contributed by atoms with Gasteiger partial charge in [0.2, 0.25) is 5.91 Å². The first-order valence-electron chi connectivity index (χ1n) is 7.84. The maximum atomic E-state index is 12.3. The maximum absolute atomic E-state index is 12.3. The van der Waals surface area contributed by atoms with Crippen LogP contribution in [-0.2, 0) is 11.8 Å². The standard InChI is InChI=1S/C19H17ClN2O3S/c1-22-15-8-7-12(20)9-13(15)17(10-19(22)24)26-11-18(23)21-14-5-3-4-6-16(14)25-2/h3-10H,11H2,1-2H3,(H,21,23). The highest BCUT2D eigenvalue weighted by Crippen LogP contribution is 2.29. The number of rotatable bonds is 5. The van der Waals surface area contributed by atoms with Gasteiger partial charge < -0.3 is 14.6 Å². The van der Waals surface area contributed by atoms with Crippen LogP contribution in [0, 0.1) is 0 Å². The molecule has 7 heteroatoms. The number of amides is 1. The Labute approximate surface area is 159 Å². The van der Waals surface area contributed by atoms with E-state index in [2.05, 4.69) is 5.32 Å². The Morgan fingerprint density at radius 2 is 2.00 bits per heavy atom. The molecule has 0 unspecified atom stereocenters. The van der Waals surface area contributed by atoms with Crippen molar-refractivity contribution in [3.8, 4) is 5.75 Å². The predicted molar refractivity (Wildman–Crippen MR) is 107 cm³/mol. The van der Waals surface area contributed by atoms with Gasteiger partial charge in [-0.25, -0.2) is 0 Å². The number of hydrogen-bond donors (Lipinski definition) is 1. The second-order valence-electron chi connectivity index (χ2n) is 5.60. The van der Waals surface area contributed by atoms with E-state index < -0.39 is 0 Å². The monoisotopic (exact) mass is 388 g/mol. The van der Waals surface area contributed by atoms with Gasteiger partial charge >= 0.3 is 0 Å². The van der Waals surface area contributed by atoms with Crippen molar-refractivity contribution in [3.63, 3.8) is 0 Å². The average Bonchev–Trinajstić information content (AvgIpc) is 2.64. The largest absolute Gasteiger partial charge is 0.495 e. The number of anilines is 1. The molecule has 0 saturated carbocycles. The Bertz CT molecular complexity index is 1030. The summed E-state index contributed by atoms with van der Waals surface area (Å²) in [6, 6.07) is 14.1. The summed E-state index contributed by atoms with van der Waals surface area (Å²) in [6.07, 6.45) is 0. The molecule has 0 aliphatic carbocycles. The van der Waals surface area contributed by atoms with Crippen LogP contribution >= 0.6 is 23.4 Å². The van der Waals surface area contributed by atoms with Crippen molar-refractivity contribution in [1.29, 1.82) is 0 Å². The molecule has 1 N–H and O–H groups in total. The molecular weight excluding hydrogens is 372 g/mol. The normalized spacial score (nSPS) is 10.7. The zero-order valence-electron chi connectivity index (χ0n) is 14.3. The van der Waals surface area contributed by atoms with Crippen LogP contribution < -0.4 is 15.6 Å². The molecule has 2 aromatic carbocycles. The fourth-order valence-electron chi connectivity index (χ4n) is 2.60. The molecular formula is C19H17ClN2O3S. The quantitative estimate of drug-likeness (QED) is 0.673. The summed E-state index contributed by atoms with van der Waals surface area (Å²) in [5.41, 5.74) is 1.25. The van der Waals surface area contributed by atoms with Gasteiger partial charge in [-0.05, 0) is 30.3 Å². The van der Waals surface area contributed by atoms with E-state index in [1.807, 2.05) is 12.1 Å². The van der Waals surface area contributed by atoms with Gasteiger partial charge in [0, 0.05) is 28.4 Å². The number of nitrogens with zero attached hydrogens (tertiary/aromatic N) is 1. The van der Waals surface area contributed by atoms with Gasteiger partial charge in [-0.1, -0.05) is 23.7 Å². The number of hydrogen-bond acceptors (Lipinski definition) is 4. The highest BCUT2D eigenvalue weighted by Gasteiger charge is 2.11. The Kier molecular flexibility index (Phi) is 5.54. The minimum Gasteiger partial charge on any atom is -0.495 e. The molecule has 1 heterocycles. The first-order valence-corrected chi connectivity index (χ1v) is 9.21. The van der Waals surface area contributed by atoms with E-state index in [0.717, 1.165) is 15.8 Å². The second kappa shape index (κ2) is 7.85. The number of ether oxygens (including phenoxy) is 1. The Balaban J connectivity index is 1.81. The lowest BCUT2D eigenvalue weighted by molar-refractivity contribution is -0.113. The molecule has 0 bridgehead atoms. The van der Waals surface area contributed by atoms with Crippen LogP contribution in [0.25, 0.3) is 10.9 Å². The predicted octanol–water partition coefficient (Wildman–Crippen LogP) is 3.93. The summed E-state index contributed by atoms with van der Waals surface area (Å²) in [7, 11) is 3.26. The van der Waals surface area contributed by atoms with Crippen molar-refractivity contribution < 1.29 is 9.53 Å². The summed E-state index contributed by atoms with van der Waals surface area (Å²) < 4.78 is 6.79. The van der Waals surface area contributed by atoms with Crippen molar-refractivity contribution in [2.24, 2.45) is 7.05 Å². The highest BCUT2D eigenvalue weighted by atomic mass is 35.5. The third kappa shape index (κ3) is 3.86. The summed E-state index contributed by atoms with van der Waals surface area (Å²) in [5, 5.41) is 4.25. The van der Waals surface area contributed by atoms with Crippen molar-refractivity contribution in [2.75, 3.05) is 18.2 Å². The Hall–Kier alpha value is -2.44. The number of methoxy groups -OCH3 is 1. The number of halogens is 1. The number of carbonyl (C=O) groups is 1. The lowest BCUT2D eigenvalue weighted by atomic mass is 10.2. The van der Waals surface area contributed by atoms with Crippen LogP contribution in [0.4, 0.5) is 5.69 Å². The number of thioether (sulfide) groups is 1. The molecule has 0 aliphatic rings. The lowest BCUT2D eigenvalue weighted by Crippen LogP contribution is -2.17. The van der Waals surface area contributed by atoms with Gasteiger partial charge in [-0.15, -0.1) is 11.8 Å². The van der Waals surface area contributed by atoms with Crippen LogP contribution in [-0.4, -0.2) is 23.3 Å². The zero-order valence-corrected chi connectivity index (χ0v) is 15.9. The smallest absolute Gasteiger partial charge is 0.251 e. The van der Waals surface area contributed by atoms with Crippen molar-refractivity contribution in [2.45, 2.75) is 4.90 Å². The highest BCUT2D eigenvalue weighted by molar-refractivity contribution is 8.00. The number of aryl methyl sites for hydroxylation is 1. The molecule has 3 rings (SSSR count). The molecule has 0 aliphatic heterocycles. The lowest BCUT2D eigenvalue weighted by Gasteiger charge is -2.11. The van der Waals surface area contributed by atoms with Gasteiger partial charge in [0.25, 0.3) is 5.56 Å². The molecule has 1 aromatic heterocycles. The summed E-state index contributed by atoms with van der Waals surface area (Å²) >= 11 is 7.39. The molecule has 0 fully saturated rings. The molecule has 3 aromatic rings. The van der Waals surface area contributed by atoms with Crippen molar-refractivity contribution >= 4 is 45.9 Å². The number of benzene rings is 2. The van der Waals surface area contributed by atoms with Crippen molar-refractivity contribution in [3.05, 3.63) is 63.9 Å². The fraction of sp³-hybridized carbons (Fsp3) is 0.158. The fourth-order valence-corrected chi connectivity index (χ4v) is 3.63. The summed E-state index contributed by atoms with van der Waals surface area (Å²) in [6.45, 7) is 0. The molecule has 0 saturated heterocycles. The van der Waals surface area contributed by atoms with E-state index in [1.165, 1.54) is 17.8 Å². The van der Waals surface area contributed by atoms with Gasteiger partial charge in [-0.2, -0.15) is 0 Å². The summed E-state index contributed by atoms with van der Waals surface area (Å²) in [5.74, 6) is 0.569. The van der Waals surface area contributed by atoms with E-state index in [9.17, 15) is 9.59 Å². The molecule has 26 heavy (non-hydrogen) atoms. The third-order valence-electron chi connectivity index (χ3n) is 3.91. The van der Waals surface area contributed by atoms with Crippen LogP contribution in [0.3, 0.4) is 0 Å². The number of fused-ring (bicyclic) bond motifs is 1. The molecule has 1 amide bonds. The zero-order chi connectivity index (χ0) is 18.7. The van der Waals surface area contributed by atoms with Gasteiger partial charge in [0.05, 0.1) is 24.1 Å². The molecule has 0 spiro atoms.